The summed E-state index contributed by atoms with van der Waals surface area (Å²) < 4.78 is 20.1. The van der Waals surface area contributed by atoms with Gasteiger partial charge in [0.1, 0.15) is 17.7 Å². The number of nitrogens with zero attached hydrogens (tertiary/aromatic N) is 4. The van der Waals surface area contributed by atoms with Gasteiger partial charge in [-0.2, -0.15) is 9.50 Å². The zero-order valence-corrected chi connectivity index (χ0v) is 10.7. The van der Waals surface area contributed by atoms with Crippen molar-refractivity contribution in [2.24, 2.45) is 0 Å². The zero-order valence-electron chi connectivity index (χ0n) is 10.7. The summed E-state index contributed by atoms with van der Waals surface area (Å²) >= 11 is 0. The average Bonchev–Trinajstić information content (AvgIpc) is 2.81. The van der Waals surface area contributed by atoms with Crippen LogP contribution in [0.4, 0.5) is 10.3 Å². The molecule has 3 aromatic rings. The maximum Gasteiger partial charge on any atom is 0.254 e. The quantitative estimate of drug-likeness (QED) is 0.789. The maximum absolute atomic E-state index is 12.9. The van der Waals surface area contributed by atoms with Crippen molar-refractivity contribution < 1.29 is 9.13 Å². The van der Waals surface area contributed by atoms with Crippen molar-refractivity contribution in [3.63, 3.8) is 0 Å². The molecular formula is C13H12FN5O. The van der Waals surface area contributed by atoms with E-state index in [-0.39, 0.29) is 17.9 Å². The molecule has 0 radical (unpaired) electrons. The van der Waals surface area contributed by atoms with Crippen LogP contribution in [0.25, 0.3) is 5.78 Å². The van der Waals surface area contributed by atoms with E-state index in [4.69, 9.17) is 10.5 Å². The van der Waals surface area contributed by atoms with E-state index in [1.807, 2.05) is 6.92 Å². The Morgan fingerprint density at radius 2 is 2.00 bits per heavy atom. The van der Waals surface area contributed by atoms with Crippen LogP contribution in [0.3, 0.4) is 0 Å². The van der Waals surface area contributed by atoms with Crippen molar-refractivity contribution in [3.8, 4) is 5.75 Å². The van der Waals surface area contributed by atoms with Gasteiger partial charge in [0.05, 0.1) is 5.69 Å². The van der Waals surface area contributed by atoms with Gasteiger partial charge >= 0.3 is 0 Å². The van der Waals surface area contributed by atoms with E-state index < -0.39 is 0 Å². The summed E-state index contributed by atoms with van der Waals surface area (Å²) in [5, 5.41) is 4.07. The third kappa shape index (κ3) is 2.25. The normalized spacial score (nSPS) is 12.5. The second-order valence-corrected chi connectivity index (χ2v) is 4.27. The molecule has 2 N–H and O–H groups in total. The Morgan fingerprint density at radius 3 is 2.75 bits per heavy atom. The first-order valence-electron chi connectivity index (χ1n) is 6.03. The molecular weight excluding hydrogens is 261 g/mol. The van der Waals surface area contributed by atoms with Gasteiger partial charge in [0, 0.05) is 6.20 Å². The molecule has 0 aliphatic heterocycles. The lowest BCUT2D eigenvalue weighted by molar-refractivity contribution is 0.218. The van der Waals surface area contributed by atoms with Crippen LogP contribution in [0, 0.1) is 5.82 Å². The number of nitrogens with two attached hydrogens (primary N) is 1. The predicted octanol–water partition coefficient (Wildman–Crippen LogP) is 1.99. The van der Waals surface area contributed by atoms with Crippen LogP contribution < -0.4 is 10.5 Å². The fourth-order valence-electron chi connectivity index (χ4n) is 1.91. The molecule has 0 aliphatic carbocycles. The molecule has 0 saturated carbocycles. The van der Waals surface area contributed by atoms with Crippen LogP contribution in [0.2, 0.25) is 0 Å². The molecule has 0 bridgehead atoms. The summed E-state index contributed by atoms with van der Waals surface area (Å²) in [5.74, 6) is 0.825. The van der Waals surface area contributed by atoms with Crippen molar-refractivity contribution in [1.82, 2.24) is 19.6 Å². The molecule has 6 nitrogen and oxygen atoms in total. The molecule has 0 aliphatic rings. The minimum absolute atomic E-state index is 0.152. The molecule has 7 heteroatoms. The molecule has 3 rings (SSSR count). The average molecular weight is 273 g/mol. The van der Waals surface area contributed by atoms with E-state index in [1.165, 1.54) is 16.6 Å². The summed E-state index contributed by atoms with van der Waals surface area (Å²) in [4.78, 5) is 8.06. The fourth-order valence-corrected chi connectivity index (χ4v) is 1.91. The van der Waals surface area contributed by atoms with Crippen LogP contribution in [-0.4, -0.2) is 19.6 Å². The Morgan fingerprint density at radius 1 is 1.25 bits per heavy atom. The SMILES string of the molecule is C[C@@H](Oc1ccc(F)cc1)c1ccnc2nc(N)nn12. The number of hydrogen-bond acceptors (Lipinski definition) is 5. The van der Waals surface area contributed by atoms with E-state index >= 15 is 0 Å². The fraction of sp³-hybridized carbons (Fsp3) is 0.154. The molecule has 1 atom stereocenters. The van der Waals surface area contributed by atoms with Crippen molar-refractivity contribution in [2.45, 2.75) is 13.0 Å². The lowest BCUT2D eigenvalue weighted by Crippen LogP contribution is -2.10. The molecule has 20 heavy (non-hydrogen) atoms. The summed E-state index contributed by atoms with van der Waals surface area (Å²) in [7, 11) is 0. The van der Waals surface area contributed by atoms with Gasteiger partial charge in [0.15, 0.2) is 0 Å². The van der Waals surface area contributed by atoms with Gasteiger partial charge in [0.25, 0.3) is 5.78 Å². The Balaban J connectivity index is 1.92. The van der Waals surface area contributed by atoms with Crippen LogP contribution in [0.15, 0.2) is 36.5 Å². The summed E-state index contributed by atoms with van der Waals surface area (Å²) in [5.41, 5.74) is 6.32. The smallest absolute Gasteiger partial charge is 0.254 e. The molecule has 0 unspecified atom stereocenters. The molecule has 1 aromatic carbocycles. The van der Waals surface area contributed by atoms with Gasteiger partial charge in [-0.15, -0.1) is 5.10 Å². The topological polar surface area (TPSA) is 78.3 Å². The molecule has 0 spiro atoms. The number of benzene rings is 1. The third-order valence-electron chi connectivity index (χ3n) is 2.83. The number of aromatic nitrogens is 4. The monoisotopic (exact) mass is 273 g/mol. The predicted molar refractivity (Wildman–Crippen MR) is 70.6 cm³/mol. The molecule has 2 heterocycles. The van der Waals surface area contributed by atoms with Crippen LogP contribution >= 0.6 is 0 Å². The molecule has 2 aromatic heterocycles. The highest BCUT2D eigenvalue weighted by Crippen LogP contribution is 2.21. The van der Waals surface area contributed by atoms with Crippen molar-refractivity contribution in [2.75, 3.05) is 5.73 Å². The number of halogens is 1. The first-order chi connectivity index (χ1) is 9.63. The zero-order chi connectivity index (χ0) is 14.1. The molecule has 0 fully saturated rings. The third-order valence-corrected chi connectivity index (χ3v) is 2.83. The van der Waals surface area contributed by atoms with Gasteiger partial charge in [-0.05, 0) is 37.3 Å². The van der Waals surface area contributed by atoms with Gasteiger partial charge in [-0.25, -0.2) is 9.37 Å². The standard InChI is InChI=1S/C13H12FN5O/c1-8(20-10-4-2-9(14)3-5-10)11-6-7-16-13-17-12(15)18-19(11)13/h2-8H,1H3,(H2,15,18)/t8-/m1/s1. The van der Waals surface area contributed by atoms with Crippen LogP contribution in [0.1, 0.15) is 18.7 Å². The van der Waals surface area contributed by atoms with Gasteiger partial charge in [-0.1, -0.05) is 0 Å². The van der Waals surface area contributed by atoms with E-state index in [1.54, 1.807) is 24.4 Å². The second kappa shape index (κ2) is 4.76. The van der Waals surface area contributed by atoms with E-state index in [0.717, 1.165) is 5.69 Å². The lowest BCUT2D eigenvalue weighted by atomic mass is 10.2. The highest BCUT2D eigenvalue weighted by atomic mass is 19.1. The number of nitrogen functional groups attached to an aromatic ring is 1. The number of hydrogen-bond donors (Lipinski definition) is 1. The number of fused-ring (bicyclic) bond motifs is 1. The minimum atomic E-state index is -0.313. The van der Waals surface area contributed by atoms with Gasteiger partial charge in [0.2, 0.25) is 5.95 Å². The Labute approximate surface area is 114 Å². The Bertz CT molecular complexity index is 740. The van der Waals surface area contributed by atoms with Crippen molar-refractivity contribution >= 4 is 11.7 Å². The molecule has 0 amide bonds. The summed E-state index contributed by atoms with van der Waals surface area (Å²) in [6, 6.07) is 7.60. The van der Waals surface area contributed by atoms with Crippen molar-refractivity contribution in [1.29, 1.82) is 0 Å². The largest absolute Gasteiger partial charge is 0.484 e. The molecule has 0 saturated heterocycles. The van der Waals surface area contributed by atoms with E-state index in [0.29, 0.717) is 11.5 Å². The van der Waals surface area contributed by atoms with E-state index in [2.05, 4.69) is 15.1 Å². The van der Waals surface area contributed by atoms with Crippen molar-refractivity contribution in [3.05, 3.63) is 48.0 Å². The number of rotatable bonds is 3. The number of anilines is 1. The highest BCUT2D eigenvalue weighted by Gasteiger charge is 2.14. The Hall–Kier alpha value is -2.70. The van der Waals surface area contributed by atoms with Crippen LogP contribution in [-0.2, 0) is 0 Å². The van der Waals surface area contributed by atoms with E-state index in [9.17, 15) is 4.39 Å². The number of ether oxygens (including phenoxy) is 1. The van der Waals surface area contributed by atoms with Crippen LogP contribution in [0.5, 0.6) is 5.75 Å². The molecule has 102 valence electrons. The van der Waals surface area contributed by atoms with Gasteiger partial charge in [-0.3, -0.25) is 0 Å². The maximum atomic E-state index is 12.9. The van der Waals surface area contributed by atoms with Gasteiger partial charge < -0.3 is 10.5 Å². The Kier molecular flexibility index (Phi) is 2.94. The second-order valence-electron chi connectivity index (χ2n) is 4.27. The highest BCUT2D eigenvalue weighted by molar-refractivity contribution is 5.35. The first kappa shape index (κ1) is 12.3. The minimum Gasteiger partial charge on any atom is -0.484 e. The summed E-state index contributed by atoms with van der Waals surface area (Å²) in [6.07, 6.45) is 1.30. The first-order valence-corrected chi connectivity index (χ1v) is 6.03. The lowest BCUT2D eigenvalue weighted by Gasteiger charge is -2.15. The summed E-state index contributed by atoms with van der Waals surface area (Å²) in [6.45, 7) is 1.86.